The van der Waals surface area contributed by atoms with Crippen LogP contribution >= 0.6 is 36.2 Å². The van der Waals surface area contributed by atoms with E-state index in [1.165, 1.54) is 44.7 Å². The number of likely N-dealkylation sites (tertiary alicyclic amines) is 1. The smallest absolute Gasteiger partial charge is 0.119 e. The number of rotatable bonds is 4. The van der Waals surface area contributed by atoms with E-state index >= 15 is 0 Å². The van der Waals surface area contributed by atoms with Crippen molar-refractivity contribution in [2.75, 3.05) is 33.3 Å². The van der Waals surface area contributed by atoms with E-state index in [2.05, 4.69) is 20.6 Å². The fraction of sp³-hybridized carbons (Fsp3) is 0.769. The van der Waals surface area contributed by atoms with Gasteiger partial charge >= 0.3 is 0 Å². The van der Waals surface area contributed by atoms with Gasteiger partial charge in [0.2, 0.25) is 0 Å². The minimum atomic E-state index is 0. The summed E-state index contributed by atoms with van der Waals surface area (Å²) in [5.74, 6) is 0. The lowest BCUT2D eigenvalue weighted by Gasteiger charge is -2.22. The first kappa shape index (κ1) is 18.1. The van der Waals surface area contributed by atoms with Gasteiger partial charge < -0.3 is 10.1 Å². The zero-order chi connectivity index (χ0) is 12.4. The summed E-state index contributed by atoms with van der Waals surface area (Å²) in [7, 11) is 1.72. The number of thiazole rings is 1. The summed E-state index contributed by atoms with van der Waals surface area (Å²) in [5, 5.41) is 6.76. The van der Waals surface area contributed by atoms with Gasteiger partial charge in [-0.3, -0.25) is 4.90 Å². The third-order valence-corrected chi connectivity index (χ3v) is 4.97. The fourth-order valence-electron chi connectivity index (χ4n) is 3.15. The van der Waals surface area contributed by atoms with Crippen molar-refractivity contribution in [2.45, 2.75) is 26.0 Å². The zero-order valence-electron chi connectivity index (χ0n) is 11.8. The summed E-state index contributed by atoms with van der Waals surface area (Å²) >= 11 is 1.71. The topological polar surface area (TPSA) is 37.4 Å². The van der Waals surface area contributed by atoms with Crippen LogP contribution in [0.2, 0.25) is 0 Å². The second-order valence-electron chi connectivity index (χ2n) is 5.55. The second-order valence-corrected chi connectivity index (χ2v) is 6.50. The third-order valence-electron chi connectivity index (χ3n) is 4.10. The predicted octanol–water partition coefficient (Wildman–Crippen LogP) is 2.32. The molecule has 7 heteroatoms. The molecule has 1 spiro atoms. The van der Waals surface area contributed by atoms with Gasteiger partial charge in [-0.05, 0) is 31.3 Å². The number of hydrogen-bond donors (Lipinski definition) is 1. The van der Waals surface area contributed by atoms with Gasteiger partial charge in [-0.1, -0.05) is 0 Å². The van der Waals surface area contributed by atoms with Crippen molar-refractivity contribution in [2.24, 2.45) is 5.41 Å². The molecular weight excluding hydrogens is 317 g/mol. The average Bonchev–Trinajstić information content (AvgIpc) is 3.06. The molecule has 0 amide bonds. The molecule has 116 valence electrons. The maximum Gasteiger partial charge on any atom is 0.119 e. The van der Waals surface area contributed by atoms with E-state index in [0.717, 1.165) is 11.6 Å². The van der Waals surface area contributed by atoms with Crippen LogP contribution in [0.15, 0.2) is 5.38 Å². The molecule has 0 saturated carbocycles. The number of aromatic nitrogens is 1. The first-order valence-corrected chi connectivity index (χ1v) is 7.53. The lowest BCUT2D eigenvalue weighted by molar-refractivity contribution is 0.184. The number of nitrogens with one attached hydrogen (secondary N) is 1. The minimum Gasteiger partial charge on any atom is -0.378 e. The molecule has 2 aliphatic rings. The van der Waals surface area contributed by atoms with Gasteiger partial charge in [-0.15, -0.1) is 36.2 Å². The van der Waals surface area contributed by atoms with E-state index < -0.39 is 0 Å². The Labute approximate surface area is 137 Å². The monoisotopic (exact) mass is 339 g/mol. The Morgan fingerprint density at radius 3 is 3.00 bits per heavy atom. The SMILES string of the molecule is COCc1nc(CN2CCC3(CCNC3)C2)cs1.Cl.Cl. The first-order chi connectivity index (χ1) is 8.80. The number of methoxy groups -OCH3 is 1. The third kappa shape index (κ3) is 4.06. The molecule has 0 radical (unpaired) electrons. The summed E-state index contributed by atoms with van der Waals surface area (Å²) in [6.07, 6.45) is 2.69. The van der Waals surface area contributed by atoms with Crippen LogP contribution in [0.5, 0.6) is 0 Å². The second kappa shape index (κ2) is 7.92. The predicted molar refractivity (Wildman–Crippen MR) is 87.1 cm³/mol. The van der Waals surface area contributed by atoms with Crippen molar-refractivity contribution < 1.29 is 4.74 Å². The minimum absolute atomic E-state index is 0. The van der Waals surface area contributed by atoms with Crippen molar-refractivity contribution in [3.8, 4) is 0 Å². The van der Waals surface area contributed by atoms with Gasteiger partial charge in [0, 0.05) is 32.1 Å². The molecule has 4 nitrogen and oxygen atoms in total. The van der Waals surface area contributed by atoms with Crippen LogP contribution < -0.4 is 5.32 Å². The van der Waals surface area contributed by atoms with E-state index in [1.807, 2.05) is 0 Å². The molecule has 3 rings (SSSR count). The lowest BCUT2D eigenvalue weighted by atomic mass is 9.87. The van der Waals surface area contributed by atoms with Gasteiger partial charge in [0.05, 0.1) is 12.3 Å². The van der Waals surface area contributed by atoms with E-state index in [9.17, 15) is 0 Å². The highest BCUT2D eigenvalue weighted by molar-refractivity contribution is 7.09. The Morgan fingerprint density at radius 2 is 2.30 bits per heavy atom. The van der Waals surface area contributed by atoms with Crippen LogP contribution in [0.1, 0.15) is 23.5 Å². The first-order valence-electron chi connectivity index (χ1n) is 6.65. The molecule has 1 aromatic heterocycles. The molecule has 0 bridgehead atoms. The summed E-state index contributed by atoms with van der Waals surface area (Å²) in [6.45, 7) is 6.49. The summed E-state index contributed by atoms with van der Waals surface area (Å²) in [5.41, 5.74) is 1.76. The van der Waals surface area contributed by atoms with E-state index in [-0.39, 0.29) is 24.8 Å². The molecular formula is C13H23Cl2N3OS. The van der Waals surface area contributed by atoms with Crippen molar-refractivity contribution in [3.63, 3.8) is 0 Å². The van der Waals surface area contributed by atoms with Crippen LogP contribution in [0.3, 0.4) is 0 Å². The Morgan fingerprint density at radius 1 is 1.45 bits per heavy atom. The van der Waals surface area contributed by atoms with Crippen LogP contribution in [0, 0.1) is 5.41 Å². The summed E-state index contributed by atoms with van der Waals surface area (Å²) < 4.78 is 5.11. The molecule has 2 aliphatic heterocycles. The quantitative estimate of drug-likeness (QED) is 0.913. The van der Waals surface area contributed by atoms with Crippen LogP contribution in [-0.4, -0.2) is 43.2 Å². The van der Waals surface area contributed by atoms with Crippen LogP contribution in [-0.2, 0) is 17.9 Å². The molecule has 1 atom stereocenters. The molecule has 20 heavy (non-hydrogen) atoms. The van der Waals surface area contributed by atoms with Gasteiger partial charge in [0.1, 0.15) is 5.01 Å². The Kier molecular flexibility index (Phi) is 7.18. The molecule has 0 aromatic carbocycles. The number of ether oxygens (including phenoxy) is 1. The summed E-state index contributed by atoms with van der Waals surface area (Å²) in [4.78, 5) is 7.17. The fourth-order valence-corrected chi connectivity index (χ4v) is 3.90. The largest absolute Gasteiger partial charge is 0.378 e. The molecule has 0 aliphatic carbocycles. The molecule has 2 fully saturated rings. The molecule has 1 N–H and O–H groups in total. The van der Waals surface area contributed by atoms with E-state index in [0.29, 0.717) is 12.0 Å². The number of hydrogen-bond acceptors (Lipinski definition) is 5. The Balaban J connectivity index is 0.000001000. The Bertz CT molecular complexity index is 410. The maximum absolute atomic E-state index is 5.11. The highest BCUT2D eigenvalue weighted by atomic mass is 35.5. The van der Waals surface area contributed by atoms with E-state index in [4.69, 9.17) is 4.74 Å². The molecule has 1 unspecified atom stereocenters. The Hall–Kier alpha value is 0.0900. The number of nitrogens with zero attached hydrogens (tertiary/aromatic N) is 2. The van der Waals surface area contributed by atoms with Crippen LogP contribution in [0.4, 0.5) is 0 Å². The average molecular weight is 340 g/mol. The molecule has 1 aromatic rings. The normalized spacial score (nSPS) is 25.6. The van der Waals surface area contributed by atoms with E-state index in [1.54, 1.807) is 18.4 Å². The van der Waals surface area contributed by atoms with Crippen molar-refractivity contribution in [1.29, 1.82) is 0 Å². The van der Waals surface area contributed by atoms with Gasteiger partial charge in [0.25, 0.3) is 0 Å². The molecule has 2 saturated heterocycles. The van der Waals surface area contributed by atoms with Crippen molar-refractivity contribution in [1.82, 2.24) is 15.2 Å². The number of halogens is 2. The van der Waals surface area contributed by atoms with Gasteiger partial charge in [-0.2, -0.15) is 0 Å². The highest BCUT2D eigenvalue weighted by Gasteiger charge is 2.40. The van der Waals surface area contributed by atoms with Crippen LogP contribution in [0.25, 0.3) is 0 Å². The van der Waals surface area contributed by atoms with Crippen molar-refractivity contribution >= 4 is 36.2 Å². The van der Waals surface area contributed by atoms with Gasteiger partial charge in [-0.25, -0.2) is 4.98 Å². The maximum atomic E-state index is 5.11. The highest BCUT2D eigenvalue weighted by Crippen LogP contribution is 2.36. The van der Waals surface area contributed by atoms with Gasteiger partial charge in [0.15, 0.2) is 0 Å². The lowest BCUT2D eigenvalue weighted by Crippen LogP contribution is -2.29. The zero-order valence-corrected chi connectivity index (χ0v) is 14.2. The summed E-state index contributed by atoms with van der Waals surface area (Å²) in [6, 6.07) is 0. The standard InChI is InChI=1S/C13H21N3OS.2ClH/c1-17-7-12-15-11(8-18-12)6-16-5-3-13(10-16)2-4-14-9-13;;/h8,14H,2-7,9-10H2,1H3;2*1H. The molecule has 3 heterocycles. The van der Waals surface area contributed by atoms with Crippen molar-refractivity contribution in [3.05, 3.63) is 16.1 Å².